The number of hydrogen-bond donors (Lipinski definition) is 2. The van der Waals surface area contributed by atoms with E-state index < -0.39 is 0 Å². The Labute approximate surface area is 110 Å². The van der Waals surface area contributed by atoms with Gasteiger partial charge in [0.2, 0.25) is 0 Å². The van der Waals surface area contributed by atoms with E-state index in [9.17, 15) is 4.79 Å². The Morgan fingerprint density at radius 2 is 2.16 bits per heavy atom. The van der Waals surface area contributed by atoms with Gasteiger partial charge >= 0.3 is 0 Å². The first-order chi connectivity index (χ1) is 9.10. The molecule has 5 nitrogen and oxygen atoms in total. The van der Waals surface area contributed by atoms with Crippen LogP contribution in [0.1, 0.15) is 21.6 Å². The number of hydrogen-bond acceptors (Lipinski definition) is 4. The smallest absolute Gasteiger partial charge is 0.274 e. The maximum absolute atomic E-state index is 11.9. The molecule has 0 aliphatic carbocycles. The Kier molecular flexibility index (Phi) is 3.44. The lowest BCUT2D eigenvalue weighted by Crippen LogP contribution is -2.13. The molecule has 1 heterocycles. The highest BCUT2D eigenvalue weighted by Gasteiger charge is 2.08. The SMILES string of the molecule is Cc1ccc(NC(=O)c2ccc(C#N)cn2)cc1N. The summed E-state index contributed by atoms with van der Waals surface area (Å²) < 4.78 is 0. The quantitative estimate of drug-likeness (QED) is 0.800. The highest BCUT2D eigenvalue weighted by atomic mass is 16.1. The third kappa shape index (κ3) is 2.87. The molecule has 2 aromatic rings. The van der Waals surface area contributed by atoms with Crippen molar-refractivity contribution in [3.05, 3.63) is 53.3 Å². The summed E-state index contributed by atoms with van der Waals surface area (Å²) in [4.78, 5) is 15.8. The minimum Gasteiger partial charge on any atom is -0.398 e. The molecule has 1 aromatic carbocycles. The zero-order chi connectivity index (χ0) is 13.8. The van der Waals surface area contributed by atoms with Gasteiger partial charge in [-0.2, -0.15) is 5.26 Å². The summed E-state index contributed by atoms with van der Waals surface area (Å²) in [5.74, 6) is -0.340. The number of nitrogens with two attached hydrogens (primary N) is 1. The fraction of sp³-hybridized carbons (Fsp3) is 0.0714. The molecule has 0 saturated carbocycles. The zero-order valence-corrected chi connectivity index (χ0v) is 10.3. The predicted molar refractivity (Wildman–Crippen MR) is 72.5 cm³/mol. The van der Waals surface area contributed by atoms with E-state index in [1.54, 1.807) is 18.2 Å². The monoisotopic (exact) mass is 252 g/mol. The van der Waals surface area contributed by atoms with Gasteiger partial charge in [0.15, 0.2) is 0 Å². The molecule has 1 amide bonds. The lowest BCUT2D eigenvalue weighted by Gasteiger charge is -2.07. The van der Waals surface area contributed by atoms with Gasteiger partial charge in [0.1, 0.15) is 11.8 Å². The third-order valence-corrected chi connectivity index (χ3v) is 2.66. The second kappa shape index (κ2) is 5.19. The third-order valence-electron chi connectivity index (χ3n) is 2.66. The number of rotatable bonds is 2. The Hall–Kier alpha value is -2.87. The summed E-state index contributed by atoms with van der Waals surface area (Å²) in [5, 5.41) is 11.4. The molecule has 0 radical (unpaired) electrons. The normalized spacial score (nSPS) is 9.68. The maximum Gasteiger partial charge on any atom is 0.274 e. The van der Waals surface area contributed by atoms with Crippen molar-refractivity contribution in [2.75, 3.05) is 11.1 Å². The van der Waals surface area contributed by atoms with Gasteiger partial charge in [-0.25, -0.2) is 4.98 Å². The second-order valence-corrected chi connectivity index (χ2v) is 4.07. The largest absolute Gasteiger partial charge is 0.398 e. The number of aromatic nitrogens is 1. The van der Waals surface area contributed by atoms with E-state index in [4.69, 9.17) is 11.0 Å². The van der Waals surface area contributed by atoms with Gasteiger partial charge in [0, 0.05) is 17.6 Å². The molecule has 19 heavy (non-hydrogen) atoms. The first-order valence-corrected chi connectivity index (χ1v) is 5.64. The summed E-state index contributed by atoms with van der Waals surface area (Å²) in [7, 11) is 0. The number of nitrogen functional groups attached to an aromatic ring is 1. The highest BCUT2D eigenvalue weighted by molar-refractivity contribution is 6.03. The number of nitrogens with zero attached hydrogens (tertiary/aromatic N) is 2. The maximum atomic E-state index is 11.9. The Morgan fingerprint density at radius 1 is 1.37 bits per heavy atom. The molecular weight excluding hydrogens is 240 g/mol. The summed E-state index contributed by atoms with van der Waals surface area (Å²) >= 11 is 0. The van der Waals surface area contributed by atoms with Crippen molar-refractivity contribution in [1.29, 1.82) is 5.26 Å². The van der Waals surface area contributed by atoms with E-state index in [1.165, 1.54) is 12.3 Å². The molecule has 0 spiro atoms. The average molecular weight is 252 g/mol. The summed E-state index contributed by atoms with van der Waals surface area (Å²) in [5.41, 5.74) is 8.61. The van der Waals surface area contributed by atoms with E-state index in [1.807, 2.05) is 19.1 Å². The van der Waals surface area contributed by atoms with Crippen LogP contribution in [-0.4, -0.2) is 10.9 Å². The number of nitriles is 1. The van der Waals surface area contributed by atoms with Crippen molar-refractivity contribution in [2.45, 2.75) is 6.92 Å². The number of benzene rings is 1. The van der Waals surface area contributed by atoms with Gasteiger partial charge in [-0.15, -0.1) is 0 Å². The van der Waals surface area contributed by atoms with Crippen molar-refractivity contribution in [2.24, 2.45) is 0 Å². The van der Waals surface area contributed by atoms with Crippen molar-refractivity contribution >= 4 is 17.3 Å². The number of carbonyl (C=O) groups is 1. The molecule has 94 valence electrons. The zero-order valence-electron chi connectivity index (χ0n) is 10.3. The van der Waals surface area contributed by atoms with Crippen LogP contribution in [0.3, 0.4) is 0 Å². The van der Waals surface area contributed by atoms with Gasteiger partial charge in [0.25, 0.3) is 5.91 Å². The molecule has 0 aliphatic heterocycles. The van der Waals surface area contributed by atoms with Crippen LogP contribution in [0, 0.1) is 18.3 Å². The lowest BCUT2D eigenvalue weighted by molar-refractivity contribution is 0.102. The van der Waals surface area contributed by atoms with E-state index in [0.717, 1.165) is 5.56 Å². The number of carbonyl (C=O) groups excluding carboxylic acids is 1. The van der Waals surface area contributed by atoms with Crippen LogP contribution in [0.4, 0.5) is 11.4 Å². The molecule has 0 saturated heterocycles. The summed E-state index contributed by atoms with van der Waals surface area (Å²) in [6.45, 7) is 1.89. The van der Waals surface area contributed by atoms with E-state index in [0.29, 0.717) is 16.9 Å². The molecule has 0 atom stereocenters. The summed E-state index contributed by atoms with van der Waals surface area (Å²) in [6, 6.07) is 10.3. The van der Waals surface area contributed by atoms with Crippen LogP contribution in [0.15, 0.2) is 36.5 Å². The summed E-state index contributed by atoms with van der Waals surface area (Å²) in [6.07, 6.45) is 1.36. The first kappa shape index (κ1) is 12.6. The predicted octanol–water partition coefficient (Wildman–Crippen LogP) is 2.10. The van der Waals surface area contributed by atoms with Crippen LogP contribution in [0.25, 0.3) is 0 Å². The number of nitrogens with one attached hydrogen (secondary N) is 1. The molecule has 0 fully saturated rings. The topological polar surface area (TPSA) is 91.8 Å². The number of anilines is 2. The van der Waals surface area contributed by atoms with Crippen LogP contribution in [0.2, 0.25) is 0 Å². The number of aryl methyl sites for hydroxylation is 1. The van der Waals surface area contributed by atoms with Crippen LogP contribution in [-0.2, 0) is 0 Å². The molecule has 0 bridgehead atoms. The van der Waals surface area contributed by atoms with Crippen molar-refractivity contribution < 1.29 is 4.79 Å². The van der Waals surface area contributed by atoms with Crippen molar-refractivity contribution in [3.8, 4) is 6.07 Å². The van der Waals surface area contributed by atoms with E-state index in [2.05, 4.69) is 10.3 Å². The molecule has 2 rings (SSSR count). The van der Waals surface area contributed by atoms with Gasteiger partial charge < -0.3 is 11.1 Å². The molecule has 1 aromatic heterocycles. The molecule has 5 heteroatoms. The fourth-order valence-electron chi connectivity index (χ4n) is 1.51. The van der Waals surface area contributed by atoms with Gasteiger partial charge in [-0.3, -0.25) is 4.79 Å². The van der Waals surface area contributed by atoms with Crippen LogP contribution in [0.5, 0.6) is 0 Å². The fourth-order valence-corrected chi connectivity index (χ4v) is 1.51. The van der Waals surface area contributed by atoms with Crippen molar-refractivity contribution in [1.82, 2.24) is 4.98 Å². The number of amides is 1. The lowest BCUT2D eigenvalue weighted by atomic mass is 10.2. The van der Waals surface area contributed by atoms with Crippen molar-refractivity contribution in [3.63, 3.8) is 0 Å². The Balaban J connectivity index is 2.16. The van der Waals surface area contributed by atoms with Gasteiger partial charge in [0.05, 0.1) is 5.56 Å². The second-order valence-electron chi connectivity index (χ2n) is 4.07. The molecule has 0 unspecified atom stereocenters. The van der Waals surface area contributed by atoms with Crippen LogP contribution < -0.4 is 11.1 Å². The van der Waals surface area contributed by atoms with Crippen LogP contribution >= 0.6 is 0 Å². The minimum absolute atomic E-state index is 0.248. The molecule has 0 aliphatic rings. The minimum atomic E-state index is -0.340. The Bertz CT molecular complexity index is 656. The van der Waals surface area contributed by atoms with E-state index >= 15 is 0 Å². The first-order valence-electron chi connectivity index (χ1n) is 5.64. The standard InChI is InChI=1S/C14H12N4O/c1-9-2-4-11(6-12(9)16)18-14(19)13-5-3-10(7-15)8-17-13/h2-6,8H,16H2,1H3,(H,18,19). The molecule has 3 N–H and O–H groups in total. The number of pyridine rings is 1. The average Bonchev–Trinajstić information content (AvgIpc) is 2.43. The van der Waals surface area contributed by atoms with Gasteiger partial charge in [-0.1, -0.05) is 6.07 Å². The van der Waals surface area contributed by atoms with E-state index in [-0.39, 0.29) is 11.6 Å². The molecular formula is C14H12N4O. The Morgan fingerprint density at radius 3 is 2.74 bits per heavy atom. The highest BCUT2D eigenvalue weighted by Crippen LogP contribution is 2.17. The van der Waals surface area contributed by atoms with Gasteiger partial charge in [-0.05, 0) is 36.8 Å².